The molecule has 6 atom stereocenters. The van der Waals surface area contributed by atoms with Gasteiger partial charge < -0.3 is 0 Å². The maximum atomic E-state index is 14.0. The van der Waals surface area contributed by atoms with Gasteiger partial charge >= 0.3 is 0 Å². The van der Waals surface area contributed by atoms with Crippen LogP contribution in [0.1, 0.15) is 11.7 Å². The van der Waals surface area contributed by atoms with Crippen LogP contribution in [-0.4, -0.2) is 41.0 Å². The van der Waals surface area contributed by atoms with Crippen LogP contribution in [0, 0.1) is 0 Å². The molecule has 0 aliphatic rings. The fraction of sp³-hybridized carbons (Fsp3) is 0.571. The van der Waals surface area contributed by atoms with Crippen molar-refractivity contribution in [3.63, 3.8) is 0 Å². The van der Waals surface area contributed by atoms with Crippen LogP contribution in [0.3, 0.4) is 0 Å². The minimum absolute atomic E-state index is 0.528. The third kappa shape index (κ3) is 4.69. The zero-order valence-corrected chi connectivity index (χ0v) is 13.9. The van der Waals surface area contributed by atoms with Gasteiger partial charge in [-0.2, -0.15) is 0 Å². The summed E-state index contributed by atoms with van der Waals surface area (Å²) >= 11 is 0.660. The quantitative estimate of drug-likeness (QED) is 0.254. The molecule has 0 radical (unpaired) electrons. The normalized spacial score (nSPS) is 20.3. The first-order valence-electron chi connectivity index (χ1n) is 6.57. The van der Waals surface area contributed by atoms with Gasteiger partial charge in [-0.1, -0.05) is 52.9 Å². The van der Waals surface area contributed by atoms with Gasteiger partial charge in [-0.25, -0.2) is 39.5 Å². The highest BCUT2D eigenvalue weighted by atomic mass is 127. The molecule has 0 saturated heterocycles. The fourth-order valence-electron chi connectivity index (χ4n) is 1.85. The maximum absolute atomic E-state index is 14.0. The summed E-state index contributed by atoms with van der Waals surface area (Å²) in [7, 11) is 0. The third-order valence-corrected chi connectivity index (χ3v) is 4.75. The van der Waals surface area contributed by atoms with E-state index < -0.39 is 52.7 Å². The Morgan fingerprint density at radius 2 is 1.17 bits per heavy atom. The van der Waals surface area contributed by atoms with E-state index in [0.717, 1.165) is 12.1 Å². The molecule has 0 bridgehead atoms. The van der Waals surface area contributed by atoms with E-state index >= 15 is 0 Å². The standard InChI is InChI=1S/C14H12F9I/c15-7(8(16)10(18)13(20)21)9(17)12(24)14(22,23)11(19)6-4-2-1-3-5-6/h1-5,7-13H. The zero-order valence-electron chi connectivity index (χ0n) is 11.7. The van der Waals surface area contributed by atoms with Crippen LogP contribution >= 0.6 is 22.6 Å². The molecule has 0 aliphatic heterocycles. The molecule has 0 amide bonds. The van der Waals surface area contributed by atoms with Crippen LogP contribution in [0.5, 0.6) is 0 Å². The smallest absolute Gasteiger partial charge is 0.243 e. The number of rotatable bonds is 8. The second-order valence-corrected chi connectivity index (χ2v) is 6.30. The number of alkyl halides is 10. The van der Waals surface area contributed by atoms with Crippen LogP contribution in [0.4, 0.5) is 39.5 Å². The van der Waals surface area contributed by atoms with E-state index in [1.807, 2.05) is 0 Å². The molecule has 1 aromatic rings. The highest BCUT2D eigenvalue weighted by Gasteiger charge is 2.55. The van der Waals surface area contributed by atoms with Crippen molar-refractivity contribution in [1.82, 2.24) is 0 Å². The molecule has 0 aromatic heterocycles. The summed E-state index contributed by atoms with van der Waals surface area (Å²) in [5.41, 5.74) is -0.528. The molecule has 138 valence electrons. The minimum atomic E-state index is -4.48. The lowest BCUT2D eigenvalue weighted by Gasteiger charge is -2.30. The Kier molecular flexibility index (Phi) is 7.67. The highest BCUT2D eigenvalue weighted by Crippen LogP contribution is 2.44. The van der Waals surface area contributed by atoms with Crippen molar-refractivity contribution in [3.8, 4) is 0 Å². The Hall–Kier alpha value is -0.680. The van der Waals surface area contributed by atoms with Gasteiger partial charge in [0.15, 0.2) is 30.9 Å². The molecule has 10 heteroatoms. The molecular weight excluding hydrogens is 466 g/mol. The lowest BCUT2D eigenvalue weighted by Crippen LogP contribution is -2.48. The summed E-state index contributed by atoms with van der Waals surface area (Å²) in [4.78, 5) is 0. The van der Waals surface area contributed by atoms with Crippen molar-refractivity contribution in [2.75, 3.05) is 0 Å². The molecule has 6 unspecified atom stereocenters. The Morgan fingerprint density at radius 1 is 0.708 bits per heavy atom. The number of hydrogen-bond donors (Lipinski definition) is 0. The second kappa shape index (κ2) is 8.61. The van der Waals surface area contributed by atoms with Crippen molar-refractivity contribution >= 4 is 22.6 Å². The number of benzene rings is 1. The van der Waals surface area contributed by atoms with Crippen molar-refractivity contribution in [2.45, 2.75) is 47.1 Å². The second-order valence-electron chi connectivity index (χ2n) is 4.96. The van der Waals surface area contributed by atoms with E-state index in [-0.39, 0.29) is 0 Å². The Morgan fingerprint density at radius 3 is 1.62 bits per heavy atom. The molecular formula is C14H12F9I. The molecule has 0 heterocycles. The SMILES string of the molecule is FC(F)C(F)C(F)C(F)C(F)C(I)C(F)(F)C(F)c1ccccc1. The van der Waals surface area contributed by atoms with Gasteiger partial charge in [-0.05, 0) is 5.56 Å². The highest BCUT2D eigenvalue weighted by molar-refractivity contribution is 14.1. The topological polar surface area (TPSA) is 0 Å². The van der Waals surface area contributed by atoms with Crippen molar-refractivity contribution in [3.05, 3.63) is 35.9 Å². The summed E-state index contributed by atoms with van der Waals surface area (Å²) in [6, 6.07) is 5.84. The average molecular weight is 478 g/mol. The predicted octanol–water partition coefficient (Wildman–Crippen LogP) is 5.75. The Bertz CT molecular complexity index is 498. The molecule has 0 aliphatic carbocycles. The number of hydrogen-bond acceptors (Lipinski definition) is 0. The first-order valence-corrected chi connectivity index (χ1v) is 7.81. The zero-order chi connectivity index (χ0) is 18.7. The summed E-state index contributed by atoms with van der Waals surface area (Å²) in [6.45, 7) is 0. The Balaban J connectivity index is 2.91. The van der Waals surface area contributed by atoms with Crippen LogP contribution in [-0.2, 0) is 0 Å². The van der Waals surface area contributed by atoms with Crippen molar-refractivity contribution < 1.29 is 39.5 Å². The Labute approximate surface area is 145 Å². The van der Waals surface area contributed by atoms with Crippen LogP contribution in [0.15, 0.2) is 30.3 Å². The van der Waals surface area contributed by atoms with Crippen LogP contribution < -0.4 is 0 Å². The summed E-state index contributed by atoms with van der Waals surface area (Å²) in [5.74, 6) is -4.48. The van der Waals surface area contributed by atoms with Gasteiger partial charge in [-0.3, -0.25) is 0 Å². The summed E-state index contributed by atoms with van der Waals surface area (Å²) in [5, 5.41) is 0. The van der Waals surface area contributed by atoms with Gasteiger partial charge in [0.05, 0.1) is 0 Å². The molecule has 0 spiro atoms. The minimum Gasteiger partial charge on any atom is -0.243 e. The first kappa shape index (κ1) is 21.4. The van der Waals surface area contributed by atoms with E-state index in [0.29, 0.717) is 22.6 Å². The molecule has 24 heavy (non-hydrogen) atoms. The van der Waals surface area contributed by atoms with Gasteiger partial charge in [0.1, 0.15) is 3.92 Å². The van der Waals surface area contributed by atoms with E-state index in [1.165, 1.54) is 18.2 Å². The molecule has 0 N–H and O–H groups in total. The van der Waals surface area contributed by atoms with Gasteiger partial charge in [0, 0.05) is 0 Å². The van der Waals surface area contributed by atoms with Gasteiger partial charge in [-0.15, -0.1) is 0 Å². The monoisotopic (exact) mass is 478 g/mol. The van der Waals surface area contributed by atoms with Crippen molar-refractivity contribution in [2.24, 2.45) is 0 Å². The van der Waals surface area contributed by atoms with E-state index in [9.17, 15) is 39.5 Å². The largest absolute Gasteiger partial charge is 0.297 e. The van der Waals surface area contributed by atoms with E-state index in [2.05, 4.69) is 0 Å². The van der Waals surface area contributed by atoms with Crippen LogP contribution in [0.2, 0.25) is 0 Å². The van der Waals surface area contributed by atoms with E-state index in [4.69, 9.17) is 0 Å². The predicted molar refractivity (Wildman–Crippen MR) is 78.6 cm³/mol. The molecule has 0 nitrogen and oxygen atoms in total. The first-order chi connectivity index (χ1) is 11.0. The lowest BCUT2D eigenvalue weighted by atomic mass is 9.96. The maximum Gasteiger partial charge on any atom is 0.297 e. The van der Waals surface area contributed by atoms with E-state index in [1.54, 1.807) is 0 Å². The third-order valence-electron chi connectivity index (χ3n) is 3.23. The average Bonchev–Trinajstić information content (AvgIpc) is 2.58. The van der Waals surface area contributed by atoms with Crippen LogP contribution in [0.25, 0.3) is 0 Å². The molecule has 0 saturated carbocycles. The summed E-state index contributed by atoms with van der Waals surface area (Å²) < 4.78 is 116. The van der Waals surface area contributed by atoms with Crippen molar-refractivity contribution in [1.29, 1.82) is 0 Å². The van der Waals surface area contributed by atoms with Gasteiger partial charge in [0.2, 0.25) is 0 Å². The number of halogens is 10. The summed E-state index contributed by atoms with van der Waals surface area (Å²) in [6.07, 6.45) is -21.3. The lowest BCUT2D eigenvalue weighted by molar-refractivity contribution is -0.101. The molecule has 1 rings (SSSR count). The fourth-order valence-corrected chi connectivity index (χ4v) is 2.56. The molecule has 1 aromatic carbocycles. The van der Waals surface area contributed by atoms with Gasteiger partial charge in [0.25, 0.3) is 12.3 Å². The molecule has 0 fully saturated rings.